The predicted molar refractivity (Wildman–Crippen MR) is 58.3 cm³/mol. The van der Waals surface area contributed by atoms with Crippen molar-refractivity contribution in [2.45, 2.75) is 0 Å². The number of halogens is 3. The molecule has 0 saturated carbocycles. The van der Waals surface area contributed by atoms with Gasteiger partial charge in [-0.1, -0.05) is 0 Å². The zero-order valence-electron chi connectivity index (χ0n) is 6.07. The van der Waals surface area contributed by atoms with Gasteiger partial charge in [0.2, 0.25) is 0 Å². The summed E-state index contributed by atoms with van der Waals surface area (Å²) in [5, 5.41) is 0. The zero-order chi connectivity index (χ0) is 9.30. The van der Waals surface area contributed by atoms with Crippen molar-refractivity contribution in [3.05, 3.63) is 13.7 Å². The van der Waals surface area contributed by atoms with E-state index in [9.17, 15) is 0 Å². The summed E-state index contributed by atoms with van der Waals surface area (Å²) in [4.78, 5) is 4.06. The summed E-state index contributed by atoms with van der Waals surface area (Å²) in [7, 11) is 1.55. The molecule has 0 aliphatic carbocycles. The predicted octanol–water partition coefficient (Wildman–Crippen LogP) is 2.96. The van der Waals surface area contributed by atoms with Crippen molar-refractivity contribution in [2.75, 3.05) is 12.8 Å². The van der Waals surface area contributed by atoms with Gasteiger partial charge < -0.3 is 10.5 Å². The van der Waals surface area contributed by atoms with E-state index in [4.69, 9.17) is 10.5 Å². The SMILES string of the molecule is COc1c(N)c(Br)nc(Br)c1Br. The van der Waals surface area contributed by atoms with Crippen molar-refractivity contribution in [3.8, 4) is 5.75 Å². The summed E-state index contributed by atoms with van der Waals surface area (Å²) in [6.45, 7) is 0. The van der Waals surface area contributed by atoms with Gasteiger partial charge in [-0.05, 0) is 47.8 Å². The van der Waals surface area contributed by atoms with E-state index in [-0.39, 0.29) is 0 Å². The van der Waals surface area contributed by atoms with Crippen LogP contribution in [-0.2, 0) is 0 Å². The number of ether oxygens (including phenoxy) is 1. The van der Waals surface area contributed by atoms with Crippen LogP contribution >= 0.6 is 47.8 Å². The second-order valence-electron chi connectivity index (χ2n) is 1.95. The molecule has 66 valence electrons. The van der Waals surface area contributed by atoms with Gasteiger partial charge in [-0.15, -0.1) is 0 Å². The quantitative estimate of drug-likeness (QED) is 0.783. The van der Waals surface area contributed by atoms with Crippen LogP contribution in [0.5, 0.6) is 5.75 Å². The van der Waals surface area contributed by atoms with E-state index in [1.807, 2.05) is 0 Å². The van der Waals surface area contributed by atoms with E-state index in [0.717, 1.165) is 0 Å². The summed E-state index contributed by atoms with van der Waals surface area (Å²) >= 11 is 9.74. The van der Waals surface area contributed by atoms with E-state index in [0.29, 0.717) is 25.1 Å². The molecule has 0 radical (unpaired) electrons. The van der Waals surface area contributed by atoms with Crippen LogP contribution in [0.4, 0.5) is 5.69 Å². The van der Waals surface area contributed by atoms with E-state index in [1.165, 1.54) is 0 Å². The molecule has 1 rings (SSSR count). The number of pyridine rings is 1. The molecule has 0 spiro atoms. The lowest BCUT2D eigenvalue weighted by Gasteiger charge is -2.08. The second-order valence-corrected chi connectivity index (χ2v) is 4.25. The molecule has 0 amide bonds. The van der Waals surface area contributed by atoms with Gasteiger partial charge in [-0.25, -0.2) is 4.98 Å². The first-order valence-electron chi connectivity index (χ1n) is 2.92. The molecule has 1 aromatic rings. The molecular weight excluding hydrogens is 356 g/mol. The van der Waals surface area contributed by atoms with Crippen LogP contribution in [0.25, 0.3) is 0 Å². The van der Waals surface area contributed by atoms with Gasteiger partial charge in [0.25, 0.3) is 0 Å². The Morgan fingerprint density at radius 2 is 1.83 bits per heavy atom. The maximum Gasteiger partial charge on any atom is 0.161 e. The Labute approximate surface area is 95.1 Å². The fraction of sp³-hybridized carbons (Fsp3) is 0.167. The molecular formula is C6H5Br3N2O. The summed E-state index contributed by atoms with van der Waals surface area (Å²) in [5.74, 6) is 0.573. The number of anilines is 1. The zero-order valence-corrected chi connectivity index (χ0v) is 10.8. The van der Waals surface area contributed by atoms with E-state index < -0.39 is 0 Å². The first kappa shape index (κ1) is 10.3. The molecule has 0 saturated heterocycles. The van der Waals surface area contributed by atoms with Crippen molar-refractivity contribution < 1.29 is 4.74 Å². The Bertz CT molecular complexity index is 290. The first-order chi connectivity index (χ1) is 5.57. The van der Waals surface area contributed by atoms with Crippen LogP contribution in [0, 0.1) is 0 Å². The Kier molecular flexibility index (Phi) is 3.37. The smallest absolute Gasteiger partial charge is 0.161 e. The van der Waals surface area contributed by atoms with E-state index in [2.05, 4.69) is 52.8 Å². The summed E-state index contributed by atoms with van der Waals surface area (Å²) in [6.07, 6.45) is 0. The lowest BCUT2D eigenvalue weighted by Crippen LogP contribution is -1.97. The lowest BCUT2D eigenvalue weighted by molar-refractivity contribution is 0.413. The number of aromatic nitrogens is 1. The summed E-state index contributed by atoms with van der Waals surface area (Å²) < 4.78 is 7.00. The highest BCUT2D eigenvalue weighted by molar-refractivity contribution is 9.13. The number of nitrogen functional groups attached to an aromatic ring is 1. The van der Waals surface area contributed by atoms with Gasteiger partial charge in [0.05, 0.1) is 11.6 Å². The van der Waals surface area contributed by atoms with Crippen molar-refractivity contribution in [1.82, 2.24) is 4.98 Å². The molecule has 0 unspecified atom stereocenters. The molecule has 0 aliphatic heterocycles. The maximum absolute atomic E-state index is 5.68. The Morgan fingerprint density at radius 1 is 1.25 bits per heavy atom. The van der Waals surface area contributed by atoms with Crippen LogP contribution in [0.1, 0.15) is 0 Å². The van der Waals surface area contributed by atoms with Crippen molar-refractivity contribution in [2.24, 2.45) is 0 Å². The number of methoxy groups -OCH3 is 1. The number of hydrogen-bond acceptors (Lipinski definition) is 3. The molecule has 2 N–H and O–H groups in total. The fourth-order valence-electron chi connectivity index (χ4n) is 0.701. The van der Waals surface area contributed by atoms with Gasteiger partial charge in [0.1, 0.15) is 14.9 Å². The van der Waals surface area contributed by atoms with Crippen LogP contribution in [0.15, 0.2) is 13.7 Å². The molecule has 0 atom stereocenters. The van der Waals surface area contributed by atoms with Gasteiger partial charge in [-0.2, -0.15) is 0 Å². The average Bonchev–Trinajstić information content (AvgIpc) is 2.02. The molecule has 3 nitrogen and oxygen atoms in total. The molecule has 0 bridgehead atoms. The topological polar surface area (TPSA) is 48.1 Å². The standard InChI is InChI=1S/C6H5Br3N2O/c1-12-4-2(7)5(8)11-6(9)3(4)10/h10H2,1H3. The van der Waals surface area contributed by atoms with Crippen molar-refractivity contribution in [3.63, 3.8) is 0 Å². The van der Waals surface area contributed by atoms with Crippen LogP contribution in [0.2, 0.25) is 0 Å². The minimum atomic E-state index is 0.479. The van der Waals surface area contributed by atoms with Gasteiger partial charge in [-0.3, -0.25) is 0 Å². The third-order valence-electron chi connectivity index (χ3n) is 1.25. The third kappa shape index (κ3) is 1.75. The molecule has 0 fully saturated rings. The summed E-state index contributed by atoms with van der Waals surface area (Å²) in [6, 6.07) is 0. The molecule has 1 aromatic heterocycles. The molecule has 1 heterocycles. The molecule has 12 heavy (non-hydrogen) atoms. The molecule has 0 aliphatic rings. The summed E-state index contributed by atoms with van der Waals surface area (Å²) in [5.41, 5.74) is 6.16. The number of rotatable bonds is 1. The second kappa shape index (κ2) is 3.93. The van der Waals surface area contributed by atoms with Gasteiger partial charge in [0, 0.05) is 0 Å². The highest BCUT2D eigenvalue weighted by Gasteiger charge is 2.13. The lowest BCUT2D eigenvalue weighted by atomic mass is 10.4. The van der Waals surface area contributed by atoms with Gasteiger partial charge in [0.15, 0.2) is 5.75 Å². The van der Waals surface area contributed by atoms with E-state index in [1.54, 1.807) is 7.11 Å². The highest BCUT2D eigenvalue weighted by Crippen LogP contribution is 2.39. The first-order valence-corrected chi connectivity index (χ1v) is 5.29. The number of hydrogen-bond donors (Lipinski definition) is 1. The third-order valence-corrected chi connectivity index (χ3v) is 3.69. The minimum Gasteiger partial charge on any atom is -0.493 e. The largest absolute Gasteiger partial charge is 0.493 e. The van der Waals surface area contributed by atoms with Crippen LogP contribution in [0.3, 0.4) is 0 Å². The minimum absolute atomic E-state index is 0.479. The Hall–Kier alpha value is 0.190. The van der Waals surface area contributed by atoms with E-state index >= 15 is 0 Å². The Balaban J connectivity index is 3.42. The highest BCUT2D eigenvalue weighted by atomic mass is 79.9. The van der Waals surface area contributed by atoms with Gasteiger partial charge >= 0.3 is 0 Å². The Morgan fingerprint density at radius 3 is 2.33 bits per heavy atom. The van der Waals surface area contributed by atoms with Crippen LogP contribution < -0.4 is 10.5 Å². The molecule has 6 heteroatoms. The van der Waals surface area contributed by atoms with Crippen LogP contribution in [-0.4, -0.2) is 12.1 Å². The normalized spacial score (nSPS) is 10.0. The molecule has 0 aromatic carbocycles. The fourth-order valence-corrected chi connectivity index (χ4v) is 2.12. The van der Waals surface area contributed by atoms with Crippen molar-refractivity contribution in [1.29, 1.82) is 0 Å². The average molecular weight is 361 g/mol. The maximum atomic E-state index is 5.68. The van der Waals surface area contributed by atoms with Crippen molar-refractivity contribution >= 4 is 53.5 Å². The monoisotopic (exact) mass is 358 g/mol. The number of nitrogens with two attached hydrogens (primary N) is 1. The number of nitrogens with zero attached hydrogens (tertiary/aromatic N) is 1.